The minimum Gasteiger partial charge on any atom is -0.392 e. The number of anilines is 1. The van der Waals surface area contributed by atoms with E-state index in [4.69, 9.17) is 0 Å². The number of likely N-dealkylation sites (tertiary alicyclic amines) is 1. The van der Waals surface area contributed by atoms with Crippen LogP contribution in [0.5, 0.6) is 0 Å². The van der Waals surface area contributed by atoms with Gasteiger partial charge in [-0.15, -0.1) is 0 Å². The molecule has 1 saturated heterocycles. The maximum Gasteiger partial charge on any atom is 0.238 e. The first-order valence-electron chi connectivity index (χ1n) is 7.65. The van der Waals surface area contributed by atoms with E-state index >= 15 is 0 Å². The summed E-state index contributed by atoms with van der Waals surface area (Å²) >= 11 is 0. The number of hydrogen-bond donors (Lipinski definition) is 2. The van der Waals surface area contributed by atoms with E-state index < -0.39 is 0 Å². The maximum absolute atomic E-state index is 12.2. The summed E-state index contributed by atoms with van der Waals surface area (Å²) in [7, 11) is 0. The number of piperidine rings is 1. The highest BCUT2D eigenvalue weighted by Crippen LogP contribution is 2.22. The summed E-state index contributed by atoms with van der Waals surface area (Å²) in [6.07, 6.45) is 0.617. The van der Waals surface area contributed by atoms with Crippen LogP contribution in [0.2, 0.25) is 0 Å². The van der Waals surface area contributed by atoms with E-state index in [2.05, 4.69) is 31.3 Å². The minimum absolute atomic E-state index is 0.00759. The molecule has 0 bridgehead atoms. The van der Waals surface area contributed by atoms with Crippen LogP contribution in [0.25, 0.3) is 0 Å². The number of aliphatic hydroxyl groups is 1. The number of benzene rings is 1. The first kappa shape index (κ1) is 16.0. The number of nitrogens with zero attached hydrogens (tertiary/aromatic N) is 1. The van der Waals surface area contributed by atoms with Crippen LogP contribution in [0, 0.1) is 26.7 Å². The second-order valence-corrected chi connectivity index (χ2v) is 6.39. The topological polar surface area (TPSA) is 52.6 Å². The molecule has 1 aromatic carbocycles. The summed E-state index contributed by atoms with van der Waals surface area (Å²) in [4.78, 5) is 14.3. The summed E-state index contributed by atoms with van der Waals surface area (Å²) < 4.78 is 0. The Labute approximate surface area is 127 Å². The molecule has 2 rings (SSSR count). The van der Waals surface area contributed by atoms with Gasteiger partial charge in [-0.05, 0) is 50.8 Å². The van der Waals surface area contributed by atoms with Crippen LogP contribution < -0.4 is 5.32 Å². The Morgan fingerprint density at radius 2 is 1.95 bits per heavy atom. The van der Waals surface area contributed by atoms with E-state index in [-0.39, 0.29) is 12.0 Å². The number of rotatable bonds is 3. The zero-order valence-corrected chi connectivity index (χ0v) is 13.4. The fourth-order valence-electron chi connectivity index (χ4n) is 3.02. The van der Waals surface area contributed by atoms with E-state index in [0.717, 1.165) is 29.8 Å². The van der Waals surface area contributed by atoms with E-state index in [1.807, 2.05) is 18.7 Å². The molecule has 2 N–H and O–H groups in total. The Morgan fingerprint density at radius 3 is 2.52 bits per heavy atom. The SMILES string of the molecule is Cc1cc(C)c(NC(=O)CN2CCC(C)C(O)C2)c(C)c1. The fraction of sp³-hybridized carbons (Fsp3) is 0.588. The van der Waals surface area contributed by atoms with Gasteiger partial charge in [-0.25, -0.2) is 0 Å². The van der Waals surface area contributed by atoms with Gasteiger partial charge in [0.25, 0.3) is 0 Å². The molecule has 0 radical (unpaired) electrons. The van der Waals surface area contributed by atoms with Gasteiger partial charge in [0.15, 0.2) is 0 Å². The fourth-order valence-corrected chi connectivity index (χ4v) is 3.02. The second-order valence-electron chi connectivity index (χ2n) is 6.39. The average molecular weight is 290 g/mol. The van der Waals surface area contributed by atoms with Gasteiger partial charge in [0, 0.05) is 12.2 Å². The summed E-state index contributed by atoms with van der Waals surface area (Å²) in [5, 5.41) is 12.9. The van der Waals surface area contributed by atoms with Crippen molar-refractivity contribution in [1.29, 1.82) is 0 Å². The van der Waals surface area contributed by atoms with E-state index in [1.54, 1.807) is 0 Å². The third kappa shape index (κ3) is 4.05. The van der Waals surface area contributed by atoms with Gasteiger partial charge in [-0.1, -0.05) is 24.6 Å². The van der Waals surface area contributed by atoms with Gasteiger partial charge in [0.2, 0.25) is 5.91 Å². The lowest BCUT2D eigenvalue weighted by atomic mass is 9.96. The number of hydrogen-bond acceptors (Lipinski definition) is 3. The van der Waals surface area contributed by atoms with Crippen molar-refractivity contribution in [3.05, 3.63) is 28.8 Å². The molecular weight excluding hydrogens is 264 g/mol. The lowest BCUT2D eigenvalue weighted by molar-refractivity contribution is -0.118. The van der Waals surface area contributed by atoms with Crippen LogP contribution in [0.3, 0.4) is 0 Å². The van der Waals surface area contributed by atoms with Crippen molar-refractivity contribution >= 4 is 11.6 Å². The molecule has 1 aliphatic rings. The average Bonchev–Trinajstić information content (AvgIpc) is 2.38. The molecule has 1 aromatic rings. The number of amides is 1. The molecule has 2 unspecified atom stereocenters. The number of nitrogens with one attached hydrogen (secondary N) is 1. The molecule has 1 heterocycles. The Kier molecular flexibility index (Phi) is 5.01. The van der Waals surface area contributed by atoms with Crippen LogP contribution in [-0.4, -0.2) is 41.7 Å². The highest BCUT2D eigenvalue weighted by molar-refractivity contribution is 5.93. The first-order chi connectivity index (χ1) is 9.86. The van der Waals surface area contributed by atoms with Crippen molar-refractivity contribution in [2.24, 2.45) is 5.92 Å². The van der Waals surface area contributed by atoms with Gasteiger partial charge in [-0.2, -0.15) is 0 Å². The third-order valence-corrected chi connectivity index (χ3v) is 4.31. The van der Waals surface area contributed by atoms with Crippen molar-refractivity contribution in [3.8, 4) is 0 Å². The van der Waals surface area contributed by atoms with E-state index in [1.165, 1.54) is 5.56 Å². The lowest BCUT2D eigenvalue weighted by Gasteiger charge is -2.33. The van der Waals surface area contributed by atoms with Crippen LogP contribution in [0.4, 0.5) is 5.69 Å². The molecule has 1 fully saturated rings. The van der Waals surface area contributed by atoms with Gasteiger partial charge >= 0.3 is 0 Å². The number of carbonyl (C=O) groups is 1. The molecule has 116 valence electrons. The van der Waals surface area contributed by atoms with Crippen LogP contribution in [0.15, 0.2) is 12.1 Å². The van der Waals surface area contributed by atoms with E-state index in [9.17, 15) is 9.90 Å². The molecule has 4 heteroatoms. The first-order valence-corrected chi connectivity index (χ1v) is 7.65. The molecule has 0 saturated carbocycles. The Morgan fingerprint density at radius 1 is 1.33 bits per heavy atom. The van der Waals surface area contributed by atoms with Gasteiger partial charge in [0.05, 0.1) is 12.6 Å². The zero-order chi connectivity index (χ0) is 15.6. The highest BCUT2D eigenvalue weighted by atomic mass is 16.3. The van der Waals surface area contributed by atoms with Gasteiger partial charge < -0.3 is 10.4 Å². The maximum atomic E-state index is 12.2. The molecule has 2 atom stereocenters. The Bertz CT molecular complexity index is 505. The van der Waals surface area contributed by atoms with Crippen LogP contribution in [-0.2, 0) is 4.79 Å². The Balaban J connectivity index is 1.96. The molecule has 1 amide bonds. The predicted octanol–water partition coefficient (Wildman–Crippen LogP) is 2.25. The number of aryl methyl sites for hydroxylation is 3. The molecule has 21 heavy (non-hydrogen) atoms. The Hall–Kier alpha value is -1.39. The van der Waals surface area contributed by atoms with Crippen molar-refractivity contribution in [2.45, 2.75) is 40.2 Å². The van der Waals surface area contributed by atoms with Crippen LogP contribution in [0.1, 0.15) is 30.0 Å². The quantitative estimate of drug-likeness (QED) is 0.898. The summed E-state index contributed by atoms with van der Waals surface area (Å²) in [5.41, 5.74) is 4.30. The van der Waals surface area contributed by atoms with Gasteiger partial charge in [0.1, 0.15) is 0 Å². The summed E-state index contributed by atoms with van der Waals surface area (Å²) in [5.74, 6) is 0.317. The predicted molar refractivity (Wildman–Crippen MR) is 85.5 cm³/mol. The third-order valence-electron chi connectivity index (χ3n) is 4.31. The smallest absolute Gasteiger partial charge is 0.238 e. The van der Waals surface area contributed by atoms with Crippen molar-refractivity contribution in [2.75, 3.05) is 25.0 Å². The number of β-amino-alcohol motifs (C(OH)–C–C–N with tert-alkyl or cyclic N) is 1. The molecule has 4 nitrogen and oxygen atoms in total. The van der Waals surface area contributed by atoms with Crippen LogP contribution >= 0.6 is 0 Å². The summed E-state index contributed by atoms with van der Waals surface area (Å²) in [6.45, 7) is 9.95. The molecule has 0 aliphatic carbocycles. The van der Waals surface area contributed by atoms with Crippen molar-refractivity contribution in [3.63, 3.8) is 0 Å². The van der Waals surface area contributed by atoms with E-state index in [0.29, 0.717) is 19.0 Å². The largest absolute Gasteiger partial charge is 0.392 e. The molecular formula is C17H26N2O2. The summed E-state index contributed by atoms with van der Waals surface area (Å²) in [6, 6.07) is 4.16. The normalized spacial score (nSPS) is 23.1. The zero-order valence-electron chi connectivity index (χ0n) is 13.4. The molecule has 0 spiro atoms. The monoisotopic (exact) mass is 290 g/mol. The van der Waals surface area contributed by atoms with Crippen molar-refractivity contribution < 1.29 is 9.90 Å². The minimum atomic E-state index is -0.325. The number of aliphatic hydroxyl groups excluding tert-OH is 1. The number of carbonyl (C=O) groups excluding carboxylic acids is 1. The lowest BCUT2D eigenvalue weighted by Crippen LogP contribution is -2.45. The molecule has 1 aliphatic heterocycles. The second kappa shape index (κ2) is 6.58. The standard InChI is InChI=1S/C17H26N2O2/c1-11-7-13(3)17(14(4)8-11)18-16(21)10-19-6-5-12(2)15(20)9-19/h7-8,12,15,20H,5-6,9-10H2,1-4H3,(H,18,21). The van der Waals surface area contributed by atoms with Gasteiger partial charge in [-0.3, -0.25) is 9.69 Å². The van der Waals surface area contributed by atoms with Crippen molar-refractivity contribution in [1.82, 2.24) is 4.90 Å². The highest BCUT2D eigenvalue weighted by Gasteiger charge is 2.25. The molecule has 0 aromatic heterocycles.